The maximum absolute atomic E-state index is 14.8. The van der Waals surface area contributed by atoms with Crippen molar-refractivity contribution in [2.45, 2.75) is 115 Å². The maximum atomic E-state index is 14.8. The minimum absolute atomic E-state index is 0.0669. The lowest BCUT2D eigenvalue weighted by Crippen LogP contribution is -2.58. The van der Waals surface area contributed by atoms with E-state index in [1.54, 1.807) is 101 Å². The van der Waals surface area contributed by atoms with Crippen LogP contribution in [0.15, 0.2) is 115 Å². The summed E-state index contributed by atoms with van der Waals surface area (Å²) in [4.78, 5) is 132. The number of rotatable bonds is 10. The fourth-order valence-corrected chi connectivity index (χ4v) is 9.75. The zero-order valence-corrected chi connectivity index (χ0v) is 51.0. The number of nitrogens with zero attached hydrogens (tertiary/aromatic N) is 4. The number of likely N-dealkylation sites (N-methyl/N-ethyl adjacent to an activating group) is 3. The highest BCUT2D eigenvalue weighted by Gasteiger charge is 2.43. The number of hydrogen-bond donors (Lipinski definition) is 2. The Labute approximate surface area is 503 Å². The van der Waals surface area contributed by atoms with E-state index in [1.165, 1.54) is 62.9 Å². The van der Waals surface area contributed by atoms with Gasteiger partial charge in [0.15, 0.2) is 18.1 Å². The van der Waals surface area contributed by atoms with Crippen LogP contribution in [0.5, 0.6) is 17.2 Å². The quantitative estimate of drug-likeness (QED) is 0.138. The van der Waals surface area contributed by atoms with Crippen LogP contribution in [-0.4, -0.2) is 171 Å². The second-order valence-corrected chi connectivity index (χ2v) is 23.1. The average molecular weight is 1190 g/mol. The molecule has 1 fully saturated rings. The van der Waals surface area contributed by atoms with Gasteiger partial charge in [0.1, 0.15) is 42.6 Å². The summed E-state index contributed by atoms with van der Waals surface area (Å²) in [6.45, 7) is 6.69. The topological polar surface area (TPSA) is 246 Å². The van der Waals surface area contributed by atoms with E-state index in [-0.39, 0.29) is 51.1 Å². The molecule has 0 aromatic heterocycles. The lowest BCUT2D eigenvalue weighted by atomic mass is 9.87. The molecule has 6 amide bonds. The number of ether oxygens (including phenoxy) is 6. The van der Waals surface area contributed by atoms with E-state index in [9.17, 15) is 43.2 Å². The largest absolute Gasteiger partial charge is 0.493 e. The number of benzene rings is 4. The zero-order valence-electron chi connectivity index (χ0n) is 51.0. The normalized spacial score (nSPS) is 22.1. The number of carbonyl (C=O) groups excluding carboxylic acids is 9. The summed E-state index contributed by atoms with van der Waals surface area (Å²) < 4.78 is 34.9. The predicted molar refractivity (Wildman–Crippen MR) is 318 cm³/mol. The summed E-state index contributed by atoms with van der Waals surface area (Å²) in [7, 11) is 7.40. The molecule has 0 radical (unpaired) electrons. The van der Waals surface area contributed by atoms with Crippen molar-refractivity contribution in [2.75, 3.05) is 74.8 Å². The number of fused-ring (bicyclic) bond motifs is 3. The molecule has 21 heteroatoms. The monoisotopic (exact) mass is 1190 g/mol. The fraction of sp³-hybridized carbons (Fsp3) is 0.462. The number of amides is 6. The SMILES string of the molecule is COc1ccc(CC[C@H]2OC(=O)[C@@H]3CCCCN3C(=O)C(=O)C(C)(C)COC(=O)/C=C\CCN(C)C(=O)[C@@H](Cc3ccccc3)NC(=O)[C@H](COC(C)(C)C)N(C)C(=O)C(c3ccccc3)NC(=O)CN(C)C(=O)COc3cccc2c3)cc1OC. The molecular weight excluding hydrogens is 1100 g/mol. The molecule has 4 aromatic rings. The van der Waals surface area contributed by atoms with Crippen LogP contribution in [0.4, 0.5) is 0 Å². The van der Waals surface area contributed by atoms with Crippen LogP contribution in [0.25, 0.3) is 0 Å². The van der Waals surface area contributed by atoms with Crippen molar-refractivity contribution >= 4 is 53.2 Å². The summed E-state index contributed by atoms with van der Waals surface area (Å²) in [5.41, 5.74) is 0.149. The van der Waals surface area contributed by atoms with Gasteiger partial charge in [-0.25, -0.2) is 9.59 Å². The number of methoxy groups -OCH3 is 2. The Morgan fingerprint density at radius 3 is 2.08 bits per heavy atom. The highest BCUT2D eigenvalue weighted by atomic mass is 16.5. The number of nitrogens with one attached hydrogen (secondary N) is 2. The summed E-state index contributed by atoms with van der Waals surface area (Å²) in [6, 6.07) is 24.5. The lowest BCUT2D eigenvalue weighted by Gasteiger charge is -2.36. The Kier molecular flexibility index (Phi) is 24.0. The standard InChI is InChI=1S/C65H82N6O15/c1-64(2,3)85-40-50-59(76)66-48(36-43-22-13-11-14-23-43)60(77)68(6)34-19-18-29-56(74)84-42-65(4,5)58(75)62(79)71-35-20-17-28-49(71)63(80)86-51(32-30-44-31-33-52(81-9)53(37-44)82-10)46-26-21-27-47(38-46)83-41-55(73)69(7)39-54(72)67-57(61(78)70(50)8)45-24-15-12-16-25-45/h11-16,18,21-27,29,31,33,37-38,48-51,57H,17,19-20,28,30,32,34-36,39-42H2,1-10H3,(H,66,76)(H,67,72)/b29-18-/t48-,49+,50+,51-,57?/m1/s1. The van der Waals surface area contributed by atoms with E-state index in [2.05, 4.69) is 10.6 Å². The van der Waals surface area contributed by atoms with Crippen molar-refractivity contribution in [1.82, 2.24) is 30.2 Å². The van der Waals surface area contributed by atoms with Crippen LogP contribution in [0.1, 0.15) is 101 Å². The minimum atomic E-state index is -1.51. The number of cyclic esters (lactones) is 2. The molecule has 86 heavy (non-hydrogen) atoms. The average Bonchev–Trinajstić information content (AvgIpc) is 3.63. The van der Waals surface area contributed by atoms with Gasteiger partial charge in [-0.1, -0.05) is 84.9 Å². The number of ketones is 1. The van der Waals surface area contributed by atoms with Crippen LogP contribution in [0.3, 0.4) is 0 Å². The molecule has 0 saturated carbocycles. The number of piperidine rings is 1. The van der Waals surface area contributed by atoms with Crippen molar-refractivity contribution < 1.29 is 71.6 Å². The lowest BCUT2D eigenvalue weighted by molar-refractivity contribution is -0.165. The third kappa shape index (κ3) is 19.0. The molecule has 462 valence electrons. The molecule has 2 bridgehead atoms. The predicted octanol–water partition coefficient (Wildman–Crippen LogP) is 5.92. The number of esters is 2. The van der Waals surface area contributed by atoms with Gasteiger partial charge in [-0.05, 0) is 120 Å². The molecular formula is C65H82N6O15. The van der Waals surface area contributed by atoms with Crippen molar-refractivity contribution in [3.63, 3.8) is 0 Å². The summed E-state index contributed by atoms with van der Waals surface area (Å²) >= 11 is 0. The van der Waals surface area contributed by atoms with Gasteiger partial charge in [-0.15, -0.1) is 0 Å². The molecule has 2 aliphatic rings. The molecule has 1 saturated heterocycles. The molecule has 2 aliphatic heterocycles. The third-order valence-electron chi connectivity index (χ3n) is 14.9. The smallest absolute Gasteiger partial charge is 0.330 e. The van der Waals surface area contributed by atoms with Crippen LogP contribution in [-0.2, 0) is 70.2 Å². The third-order valence-corrected chi connectivity index (χ3v) is 14.9. The van der Waals surface area contributed by atoms with E-state index in [0.29, 0.717) is 41.9 Å². The number of hydrogen-bond acceptors (Lipinski definition) is 15. The molecule has 1 unspecified atom stereocenters. The Morgan fingerprint density at radius 2 is 1.40 bits per heavy atom. The summed E-state index contributed by atoms with van der Waals surface area (Å²) in [5, 5.41) is 5.66. The molecule has 0 spiro atoms. The van der Waals surface area contributed by atoms with E-state index >= 15 is 0 Å². The first kappa shape index (κ1) is 66.5. The highest BCUT2D eigenvalue weighted by molar-refractivity contribution is 6.38. The summed E-state index contributed by atoms with van der Waals surface area (Å²) in [5.74, 6) is -5.30. The van der Waals surface area contributed by atoms with Crippen molar-refractivity contribution in [1.29, 1.82) is 0 Å². The molecule has 6 rings (SSSR count). The molecule has 2 N–H and O–H groups in total. The fourth-order valence-electron chi connectivity index (χ4n) is 9.75. The minimum Gasteiger partial charge on any atom is -0.493 e. The first-order chi connectivity index (χ1) is 40.9. The first-order valence-electron chi connectivity index (χ1n) is 28.8. The molecule has 2 heterocycles. The van der Waals surface area contributed by atoms with E-state index < -0.39 is 114 Å². The molecule has 0 aliphatic carbocycles. The Balaban J connectivity index is 1.32. The highest BCUT2D eigenvalue weighted by Crippen LogP contribution is 2.33. The van der Waals surface area contributed by atoms with Crippen LogP contribution in [0, 0.1) is 5.41 Å². The van der Waals surface area contributed by atoms with Gasteiger partial charge < -0.3 is 58.7 Å². The van der Waals surface area contributed by atoms with Crippen LogP contribution < -0.4 is 24.8 Å². The van der Waals surface area contributed by atoms with Crippen molar-refractivity contribution in [2.24, 2.45) is 5.41 Å². The first-order valence-corrected chi connectivity index (χ1v) is 28.8. The Morgan fingerprint density at radius 1 is 0.709 bits per heavy atom. The van der Waals surface area contributed by atoms with E-state index in [0.717, 1.165) is 22.1 Å². The second kappa shape index (κ2) is 31.0. The molecule has 4 aromatic carbocycles. The summed E-state index contributed by atoms with van der Waals surface area (Å²) in [6.07, 6.45) is 3.87. The number of Topliss-reactive ketones (excluding diaryl/α,β-unsaturated/α-hetero) is 1. The van der Waals surface area contributed by atoms with Crippen LogP contribution in [0.2, 0.25) is 0 Å². The van der Waals surface area contributed by atoms with Gasteiger partial charge in [0.2, 0.25) is 29.4 Å². The second-order valence-electron chi connectivity index (χ2n) is 23.1. The Bertz CT molecular complexity index is 3050. The number of aryl methyl sites for hydroxylation is 1. The van der Waals surface area contributed by atoms with Gasteiger partial charge in [0, 0.05) is 46.7 Å². The number of carbonyl (C=O) groups is 9. The molecule has 21 nitrogen and oxygen atoms in total. The van der Waals surface area contributed by atoms with Crippen molar-refractivity contribution in [3.05, 3.63) is 138 Å². The van der Waals surface area contributed by atoms with Gasteiger partial charge in [0.05, 0.1) is 38.4 Å². The van der Waals surface area contributed by atoms with E-state index in [1.807, 2.05) is 30.3 Å². The maximum Gasteiger partial charge on any atom is 0.330 e. The van der Waals surface area contributed by atoms with Gasteiger partial charge >= 0.3 is 11.9 Å². The Hall–Kier alpha value is -8.59. The van der Waals surface area contributed by atoms with Gasteiger partial charge in [0.25, 0.3) is 11.8 Å². The van der Waals surface area contributed by atoms with Gasteiger partial charge in [-0.2, -0.15) is 0 Å². The van der Waals surface area contributed by atoms with Gasteiger partial charge in [-0.3, -0.25) is 33.6 Å². The molecule has 5 atom stereocenters. The van der Waals surface area contributed by atoms with Crippen molar-refractivity contribution in [3.8, 4) is 17.2 Å². The van der Waals surface area contributed by atoms with E-state index in [4.69, 9.17) is 28.4 Å². The zero-order chi connectivity index (χ0) is 62.7. The van der Waals surface area contributed by atoms with Crippen LogP contribution >= 0.6 is 0 Å².